The first-order chi connectivity index (χ1) is 16.7. The zero-order chi connectivity index (χ0) is 25.4. The highest BCUT2D eigenvalue weighted by atomic mass is 16.5. The molecule has 3 heterocycles. The Morgan fingerprint density at radius 3 is 2.46 bits per heavy atom. The van der Waals surface area contributed by atoms with Crippen LogP contribution < -0.4 is 9.47 Å². The third kappa shape index (κ3) is 4.12. The summed E-state index contributed by atoms with van der Waals surface area (Å²) in [4.78, 5) is 34.5. The first kappa shape index (κ1) is 24.3. The molecule has 2 aromatic heterocycles. The van der Waals surface area contributed by atoms with Crippen LogP contribution in [0.25, 0.3) is 11.4 Å². The molecule has 1 saturated heterocycles. The minimum absolute atomic E-state index is 0.00475. The molecule has 9 heteroatoms. The number of rotatable bonds is 7. The molecule has 9 nitrogen and oxygen atoms in total. The van der Waals surface area contributed by atoms with Crippen molar-refractivity contribution in [2.45, 2.75) is 19.9 Å². The number of aliphatic hydroxyl groups is 1. The molecule has 0 spiro atoms. The fraction of sp³-hybridized carbons (Fsp3) is 0.346. The first-order valence-electron chi connectivity index (χ1n) is 11.3. The lowest BCUT2D eigenvalue weighted by Crippen LogP contribution is -2.35. The number of pyridine rings is 1. The Kier molecular flexibility index (Phi) is 6.53. The van der Waals surface area contributed by atoms with Crippen LogP contribution in [-0.4, -0.2) is 77.4 Å². The monoisotopic (exact) mass is 478 g/mol. The number of aliphatic hydroxyl groups excluding tert-OH is 1. The van der Waals surface area contributed by atoms with E-state index in [0.717, 1.165) is 5.56 Å². The van der Waals surface area contributed by atoms with E-state index in [0.29, 0.717) is 41.5 Å². The maximum atomic E-state index is 13.3. The van der Waals surface area contributed by atoms with Crippen molar-refractivity contribution in [3.8, 4) is 11.5 Å². The summed E-state index contributed by atoms with van der Waals surface area (Å²) in [5, 5.41) is 11.5. The third-order valence-corrected chi connectivity index (χ3v) is 6.36. The second-order valence-corrected chi connectivity index (χ2v) is 8.84. The molecular weight excluding hydrogens is 448 g/mol. The quantitative estimate of drug-likeness (QED) is 0.317. The van der Waals surface area contributed by atoms with Crippen LogP contribution >= 0.6 is 0 Å². The highest BCUT2D eigenvalue weighted by Gasteiger charge is 2.46. The maximum Gasteiger partial charge on any atom is 0.295 e. The van der Waals surface area contributed by atoms with Crippen molar-refractivity contribution in [3.63, 3.8) is 0 Å². The number of aromatic nitrogens is 2. The van der Waals surface area contributed by atoms with Gasteiger partial charge in [0.25, 0.3) is 11.7 Å². The van der Waals surface area contributed by atoms with E-state index in [4.69, 9.17) is 9.47 Å². The normalized spacial score (nSPS) is 17.6. The van der Waals surface area contributed by atoms with Gasteiger partial charge < -0.3 is 28.8 Å². The zero-order valence-electron chi connectivity index (χ0n) is 20.8. The second kappa shape index (κ2) is 9.42. The Balaban J connectivity index is 1.94. The van der Waals surface area contributed by atoms with Gasteiger partial charge in [0, 0.05) is 19.3 Å². The number of carbonyl (C=O) groups excluding carboxylic acids is 2. The molecule has 1 aliphatic heterocycles. The van der Waals surface area contributed by atoms with Gasteiger partial charge in [0.1, 0.15) is 11.3 Å². The zero-order valence-corrected chi connectivity index (χ0v) is 20.8. The van der Waals surface area contributed by atoms with Crippen LogP contribution in [0.15, 0.2) is 42.1 Å². The Morgan fingerprint density at radius 1 is 1.11 bits per heavy atom. The Labute approximate surface area is 204 Å². The Morgan fingerprint density at radius 2 is 1.83 bits per heavy atom. The summed E-state index contributed by atoms with van der Waals surface area (Å²) in [6.07, 6.45) is 1.85. The third-order valence-electron chi connectivity index (χ3n) is 6.36. The summed E-state index contributed by atoms with van der Waals surface area (Å²) in [7, 11) is 6.84. The minimum Gasteiger partial charge on any atom is -0.505 e. The van der Waals surface area contributed by atoms with Crippen molar-refractivity contribution >= 4 is 23.1 Å². The molecule has 0 radical (unpaired) electrons. The van der Waals surface area contributed by atoms with Gasteiger partial charge in [-0.2, -0.15) is 0 Å². The van der Waals surface area contributed by atoms with E-state index in [1.54, 1.807) is 18.2 Å². The van der Waals surface area contributed by atoms with Crippen LogP contribution in [0.3, 0.4) is 0 Å². The molecular formula is C26H30N4O5. The SMILES string of the molecule is COc1ccc(C2/C(=C(\O)c3nc4c(C)cccn4c3C)C(=O)C(=O)N2CCN(C)C)cc1OC. The van der Waals surface area contributed by atoms with Crippen molar-refractivity contribution in [3.05, 3.63) is 64.6 Å². The topological polar surface area (TPSA) is 96.6 Å². The van der Waals surface area contributed by atoms with E-state index in [1.165, 1.54) is 19.1 Å². The molecule has 0 saturated carbocycles. The number of nitrogens with zero attached hydrogens (tertiary/aromatic N) is 4. The second-order valence-electron chi connectivity index (χ2n) is 8.84. The molecule has 1 N–H and O–H groups in total. The van der Waals surface area contributed by atoms with Crippen molar-refractivity contribution in [1.29, 1.82) is 0 Å². The van der Waals surface area contributed by atoms with E-state index in [1.807, 2.05) is 55.6 Å². The van der Waals surface area contributed by atoms with E-state index < -0.39 is 17.7 Å². The Bertz CT molecular complexity index is 1340. The van der Waals surface area contributed by atoms with Gasteiger partial charge >= 0.3 is 0 Å². The Hall–Kier alpha value is -3.85. The number of carbonyl (C=O) groups is 2. The number of ketones is 1. The van der Waals surface area contributed by atoms with E-state index in [-0.39, 0.29) is 17.0 Å². The maximum absolute atomic E-state index is 13.3. The fourth-order valence-electron chi connectivity index (χ4n) is 4.46. The number of likely N-dealkylation sites (N-methyl/N-ethyl adjacent to an activating group) is 1. The summed E-state index contributed by atoms with van der Waals surface area (Å²) < 4.78 is 12.7. The van der Waals surface area contributed by atoms with Crippen LogP contribution in [0.2, 0.25) is 0 Å². The number of amides is 1. The van der Waals surface area contributed by atoms with Crippen LogP contribution in [0, 0.1) is 13.8 Å². The standard InChI is InChI=1S/C26H30N4O5/c1-15-8-7-11-29-16(2)21(27-25(15)29)23(31)20-22(17-9-10-18(34-5)19(14-17)35-6)30(13-12-28(3)4)26(33)24(20)32/h7-11,14,22,31H,12-13H2,1-6H3/b23-20+. The van der Waals surface area contributed by atoms with Gasteiger partial charge in [-0.05, 0) is 57.3 Å². The summed E-state index contributed by atoms with van der Waals surface area (Å²) in [6, 6.07) is 8.24. The van der Waals surface area contributed by atoms with E-state index in [2.05, 4.69) is 4.98 Å². The molecule has 35 heavy (non-hydrogen) atoms. The molecule has 1 unspecified atom stereocenters. The number of hydrogen-bond acceptors (Lipinski definition) is 7. The highest BCUT2D eigenvalue weighted by Crippen LogP contribution is 2.42. The van der Waals surface area contributed by atoms with Crippen molar-refractivity contribution < 1.29 is 24.2 Å². The van der Waals surface area contributed by atoms with Gasteiger partial charge in [0.05, 0.1) is 31.5 Å². The van der Waals surface area contributed by atoms with E-state index >= 15 is 0 Å². The molecule has 1 aromatic carbocycles. The number of fused-ring (bicyclic) bond motifs is 1. The van der Waals surface area contributed by atoms with Crippen LogP contribution in [0.5, 0.6) is 11.5 Å². The largest absolute Gasteiger partial charge is 0.505 e. The predicted octanol–water partition coefficient (Wildman–Crippen LogP) is 2.95. The average Bonchev–Trinajstić information content (AvgIpc) is 3.31. The molecule has 1 amide bonds. The first-order valence-corrected chi connectivity index (χ1v) is 11.3. The van der Waals surface area contributed by atoms with Gasteiger partial charge in [-0.25, -0.2) is 4.98 Å². The molecule has 184 valence electrons. The van der Waals surface area contributed by atoms with Crippen molar-refractivity contribution in [2.75, 3.05) is 41.4 Å². The number of methoxy groups -OCH3 is 2. The van der Waals surface area contributed by atoms with Gasteiger partial charge in [-0.3, -0.25) is 9.59 Å². The van der Waals surface area contributed by atoms with E-state index in [9.17, 15) is 14.7 Å². The van der Waals surface area contributed by atoms with Crippen molar-refractivity contribution in [2.24, 2.45) is 0 Å². The summed E-state index contributed by atoms with van der Waals surface area (Å²) >= 11 is 0. The number of Topliss-reactive ketones (excluding diaryl/α,β-unsaturated/α-hetero) is 1. The molecule has 4 rings (SSSR count). The number of benzene rings is 1. The predicted molar refractivity (Wildman–Crippen MR) is 132 cm³/mol. The smallest absolute Gasteiger partial charge is 0.295 e. The fourth-order valence-corrected chi connectivity index (χ4v) is 4.46. The van der Waals surface area contributed by atoms with Gasteiger partial charge in [-0.15, -0.1) is 0 Å². The molecule has 1 atom stereocenters. The number of likely N-dealkylation sites (tertiary alicyclic amines) is 1. The van der Waals surface area contributed by atoms with Crippen LogP contribution in [0.1, 0.15) is 28.6 Å². The number of imidazole rings is 1. The summed E-state index contributed by atoms with van der Waals surface area (Å²) in [5.41, 5.74) is 3.18. The minimum atomic E-state index is -0.805. The van der Waals surface area contributed by atoms with Gasteiger partial charge in [-0.1, -0.05) is 12.1 Å². The van der Waals surface area contributed by atoms with Gasteiger partial charge in [0.15, 0.2) is 17.3 Å². The highest BCUT2D eigenvalue weighted by molar-refractivity contribution is 6.46. The van der Waals surface area contributed by atoms with Crippen LogP contribution in [-0.2, 0) is 9.59 Å². The molecule has 1 fully saturated rings. The molecule has 0 bridgehead atoms. The summed E-state index contributed by atoms with van der Waals surface area (Å²) in [5.74, 6) is -0.716. The molecule has 1 aliphatic rings. The van der Waals surface area contributed by atoms with Gasteiger partial charge in [0.2, 0.25) is 0 Å². The number of ether oxygens (including phenoxy) is 2. The average molecular weight is 479 g/mol. The summed E-state index contributed by atoms with van der Waals surface area (Å²) in [6.45, 7) is 4.59. The molecule has 0 aliphatic carbocycles. The molecule has 3 aromatic rings. The lowest BCUT2D eigenvalue weighted by atomic mass is 9.96. The number of aryl methyl sites for hydroxylation is 2. The lowest BCUT2D eigenvalue weighted by molar-refractivity contribution is -0.140. The number of hydrogen-bond donors (Lipinski definition) is 1. The lowest BCUT2D eigenvalue weighted by Gasteiger charge is -2.27. The van der Waals surface area contributed by atoms with Crippen LogP contribution in [0.4, 0.5) is 0 Å². The van der Waals surface area contributed by atoms with Crippen molar-refractivity contribution in [1.82, 2.24) is 19.2 Å².